The van der Waals surface area contributed by atoms with Crippen LogP contribution in [0.3, 0.4) is 0 Å². The normalized spacial score (nSPS) is 17.6. The predicted octanol–water partition coefficient (Wildman–Crippen LogP) is 3.46. The lowest BCUT2D eigenvalue weighted by molar-refractivity contribution is 0.106. The van der Waals surface area contributed by atoms with E-state index < -0.39 is 0 Å². The van der Waals surface area contributed by atoms with Gasteiger partial charge in [0.15, 0.2) is 5.96 Å². The molecule has 6 heteroatoms. The molecule has 2 aromatic rings. The number of hydrogen-bond donors (Lipinski definition) is 2. The van der Waals surface area contributed by atoms with E-state index in [9.17, 15) is 0 Å². The summed E-state index contributed by atoms with van der Waals surface area (Å²) >= 11 is 0. The van der Waals surface area contributed by atoms with Gasteiger partial charge in [-0.2, -0.15) is 0 Å². The van der Waals surface area contributed by atoms with Crippen molar-refractivity contribution in [2.24, 2.45) is 10.9 Å². The van der Waals surface area contributed by atoms with Gasteiger partial charge >= 0.3 is 0 Å². The molecule has 0 bridgehead atoms. The average molecular weight is 412 g/mol. The van der Waals surface area contributed by atoms with Crippen LogP contribution in [0.2, 0.25) is 0 Å². The summed E-state index contributed by atoms with van der Waals surface area (Å²) in [6, 6.07) is 16.5. The first kappa shape index (κ1) is 22.1. The van der Waals surface area contributed by atoms with Crippen LogP contribution in [-0.4, -0.2) is 46.5 Å². The zero-order chi connectivity index (χ0) is 21.2. The molecular formula is C24H33N3O3. The maximum absolute atomic E-state index is 6.14. The van der Waals surface area contributed by atoms with Crippen molar-refractivity contribution in [3.63, 3.8) is 0 Å². The molecule has 30 heavy (non-hydrogen) atoms. The van der Waals surface area contributed by atoms with E-state index in [1.165, 1.54) is 5.56 Å². The van der Waals surface area contributed by atoms with E-state index in [1.54, 1.807) is 14.2 Å². The highest BCUT2D eigenvalue weighted by Crippen LogP contribution is 2.22. The Balaban J connectivity index is 1.55. The van der Waals surface area contributed by atoms with E-state index in [2.05, 4.69) is 52.9 Å². The van der Waals surface area contributed by atoms with Crippen LogP contribution in [-0.2, 0) is 16.0 Å². The van der Waals surface area contributed by atoms with Gasteiger partial charge < -0.3 is 24.8 Å². The van der Waals surface area contributed by atoms with Crippen molar-refractivity contribution in [3.05, 3.63) is 65.2 Å². The largest absolute Gasteiger partial charge is 0.493 e. The summed E-state index contributed by atoms with van der Waals surface area (Å²) in [7, 11) is 3.49. The molecule has 1 fully saturated rings. The number of guanidine groups is 1. The monoisotopic (exact) mass is 411 g/mol. The summed E-state index contributed by atoms with van der Waals surface area (Å²) in [6.07, 6.45) is 1.02. The Morgan fingerprint density at radius 2 is 2.03 bits per heavy atom. The molecule has 6 nitrogen and oxygen atoms in total. The first-order valence-corrected chi connectivity index (χ1v) is 10.5. The van der Waals surface area contributed by atoms with Gasteiger partial charge in [0.1, 0.15) is 5.75 Å². The van der Waals surface area contributed by atoms with Crippen molar-refractivity contribution in [2.45, 2.75) is 26.0 Å². The number of ether oxygens (including phenoxy) is 3. The molecule has 0 saturated carbocycles. The van der Waals surface area contributed by atoms with Crippen LogP contribution in [0.4, 0.5) is 0 Å². The second-order valence-corrected chi connectivity index (χ2v) is 7.59. The van der Waals surface area contributed by atoms with Crippen LogP contribution in [0.25, 0.3) is 0 Å². The molecule has 2 unspecified atom stereocenters. The lowest BCUT2D eigenvalue weighted by Gasteiger charge is -2.19. The minimum atomic E-state index is -0.0448. The van der Waals surface area contributed by atoms with Crippen LogP contribution in [0.1, 0.15) is 29.2 Å². The molecule has 1 saturated heterocycles. The highest BCUT2D eigenvalue weighted by molar-refractivity contribution is 5.79. The van der Waals surface area contributed by atoms with Gasteiger partial charge in [-0.25, -0.2) is 0 Å². The molecule has 0 radical (unpaired) electrons. The molecule has 2 atom stereocenters. The molecule has 1 heterocycles. The highest BCUT2D eigenvalue weighted by atomic mass is 16.5. The van der Waals surface area contributed by atoms with Gasteiger partial charge in [0, 0.05) is 45.3 Å². The maximum Gasteiger partial charge on any atom is 0.191 e. The number of nitrogens with zero attached hydrogens (tertiary/aromatic N) is 1. The number of benzene rings is 2. The van der Waals surface area contributed by atoms with Crippen molar-refractivity contribution in [1.29, 1.82) is 0 Å². The lowest BCUT2D eigenvalue weighted by atomic mass is 10.1. The van der Waals surface area contributed by atoms with Gasteiger partial charge in [-0.1, -0.05) is 42.5 Å². The molecule has 162 valence electrons. The van der Waals surface area contributed by atoms with E-state index in [-0.39, 0.29) is 6.10 Å². The summed E-state index contributed by atoms with van der Waals surface area (Å²) < 4.78 is 17.2. The quantitative estimate of drug-likeness (QED) is 0.489. The minimum absolute atomic E-state index is 0.0448. The highest BCUT2D eigenvalue weighted by Gasteiger charge is 2.17. The summed E-state index contributed by atoms with van der Waals surface area (Å²) in [4.78, 5) is 4.34. The zero-order valence-electron chi connectivity index (χ0n) is 18.2. The molecule has 0 aromatic heterocycles. The Bertz CT molecular complexity index is 805. The van der Waals surface area contributed by atoms with E-state index in [0.29, 0.717) is 25.6 Å². The summed E-state index contributed by atoms with van der Waals surface area (Å²) in [5, 5.41) is 6.74. The van der Waals surface area contributed by atoms with Gasteiger partial charge in [-0.3, -0.25) is 4.99 Å². The first-order chi connectivity index (χ1) is 14.7. The predicted molar refractivity (Wildman–Crippen MR) is 120 cm³/mol. The summed E-state index contributed by atoms with van der Waals surface area (Å²) in [5.41, 5.74) is 3.42. The van der Waals surface area contributed by atoms with E-state index >= 15 is 0 Å². The van der Waals surface area contributed by atoms with Crippen LogP contribution in [0.5, 0.6) is 5.75 Å². The molecule has 0 amide bonds. The van der Waals surface area contributed by atoms with E-state index in [1.807, 2.05) is 18.2 Å². The van der Waals surface area contributed by atoms with Crippen LogP contribution in [0, 0.1) is 12.8 Å². The van der Waals surface area contributed by atoms with Crippen molar-refractivity contribution >= 4 is 5.96 Å². The Morgan fingerprint density at radius 3 is 2.73 bits per heavy atom. The molecule has 2 aromatic carbocycles. The first-order valence-electron chi connectivity index (χ1n) is 10.5. The molecule has 0 spiro atoms. The van der Waals surface area contributed by atoms with Gasteiger partial charge in [0.25, 0.3) is 0 Å². The second-order valence-electron chi connectivity index (χ2n) is 7.59. The number of aryl methyl sites for hydroxylation is 1. The second kappa shape index (κ2) is 11.6. The number of hydrogen-bond acceptors (Lipinski definition) is 4. The number of nitrogens with one attached hydrogen (secondary N) is 2. The molecular weight excluding hydrogens is 378 g/mol. The fourth-order valence-corrected chi connectivity index (χ4v) is 3.46. The van der Waals surface area contributed by atoms with Gasteiger partial charge in [-0.15, -0.1) is 0 Å². The van der Waals surface area contributed by atoms with Crippen molar-refractivity contribution in [2.75, 3.05) is 40.5 Å². The maximum atomic E-state index is 6.14. The third-order valence-electron chi connectivity index (χ3n) is 5.30. The van der Waals surface area contributed by atoms with Crippen LogP contribution < -0.4 is 15.4 Å². The molecule has 2 N–H and O–H groups in total. The number of methoxy groups -OCH3 is 1. The standard InChI is InChI=1S/C24H33N3O3/c1-18-9-10-21(22(13-18)30-17-19-11-12-29-16-19)14-26-24(25-2)27-15-23(28-3)20-7-5-4-6-8-20/h4-10,13,19,23H,11-12,14-17H2,1-3H3,(H2,25,26,27). The third-order valence-corrected chi connectivity index (χ3v) is 5.30. The van der Waals surface area contributed by atoms with Crippen molar-refractivity contribution < 1.29 is 14.2 Å². The fourth-order valence-electron chi connectivity index (χ4n) is 3.46. The molecule has 1 aliphatic rings. The number of aliphatic imine (C=N–C) groups is 1. The average Bonchev–Trinajstić information content (AvgIpc) is 3.30. The van der Waals surface area contributed by atoms with Crippen molar-refractivity contribution in [3.8, 4) is 5.75 Å². The Hall–Kier alpha value is -2.57. The van der Waals surface area contributed by atoms with Crippen LogP contribution in [0.15, 0.2) is 53.5 Å². The molecule has 1 aliphatic heterocycles. The van der Waals surface area contributed by atoms with E-state index in [0.717, 1.165) is 42.5 Å². The lowest BCUT2D eigenvalue weighted by Crippen LogP contribution is -2.39. The molecule has 0 aliphatic carbocycles. The molecule has 3 rings (SSSR count). The third kappa shape index (κ3) is 6.47. The SMILES string of the molecule is CN=C(NCc1ccc(C)cc1OCC1CCOC1)NCC(OC)c1ccccc1. The van der Waals surface area contributed by atoms with E-state index in [4.69, 9.17) is 14.2 Å². The number of rotatable bonds is 9. The van der Waals surface area contributed by atoms with Crippen molar-refractivity contribution in [1.82, 2.24) is 10.6 Å². The van der Waals surface area contributed by atoms with Gasteiger partial charge in [0.05, 0.1) is 19.3 Å². The smallest absolute Gasteiger partial charge is 0.191 e. The van der Waals surface area contributed by atoms with Crippen LogP contribution >= 0.6 is 0 Å². The Morgan fingerprint density at radius 1 is 1.20 bits per heavy atom. The fraction of sp³-hybridized carbons (Fsp3) is 0.458. The van der Waals surface area contributed by atoms with Gasteiger partial charge in [0.2, 0.25) is 0 Å². The zero-order valence-corrected chi connectivity index (χ0v) is 18.2. The summed E-state index contributed by atoms with van der Waals surface area (Å²) in [6.45, 7) is 5.65. The minimum Gasteiger partial charge on any atom is -0.493 e. The van der Waals surface area contributed by atoms with Gasteiger partial charge in [-0.05, 0) is 30.5 Å². The Labute approximate surface area is 179 Å². The topological polar surface area (TPSA) is 64.1 Å². The summed E-state index contributed by atoms with van der Waals surface area (Å²) in [5.74, 6) is 2.12. The Kier molecular flexibility index (Phi) is 8.53.